The predicted molar refractivity (Wildman–Crippen MR) is 100 cm³/mol. The number of imidazole rings is 1. The van der Waals surface area contributed by atoms with Gasteiger partial charge in [-0.3, -0.25) is 9.36 Å². The number of nitrogens with one attached hydrogen (secondary N) is 2. The molecule has 2 fully saturated rings. The number of benzene rings is 1. The fraction of sp³-hybridized carbons (Fsp3) is 0.556. The molecule has 6 nitrogen and oxygen atoms in total. The van der Waals surface area contributed by atoms with Gasteiger partial charge in [-0.25, -0.2) is 4.79 Å². The van der Waals surface area contributed by atoms with Gasteiger partial charge < -0.3 is 15.2 Å². The topological polar surface area (TPSA) is 70.1 Å². The minimum absolute atomic E-state index is 0. The number of aromatic nitrogens is 2. The number of nitrogens with zero attached hydrogens (tertiary/aromatic N) is 2. The second-order valence-electron chi connectivity index (χ2n) is 6.88. The maximum Gasteiger partial charge on any atom is 0.326 e. The van der Waals surface area contributed by atoms with Crippen LogP contribution < -0.4 is 11.0 Å². The summed E-state index contributed by atoms with van der Waals surface area (Å²) in [4.78, 5) is 29.8. The zero-order chi connectivity index (χ0) is 16.5. The van der Waals surface area contributed by atoms with Crippen LogP contribution >= 0.6 is 12.4 Å². The standard InChI is InChI=1S/C18H24N4O2.ClH/c23-17(15-6-3-4-10-19-15)21-11-8-13(9-12-21)22-16-7-2-1-5-14(16)20-18(22)24;/h1-2,5,7,13,15,19H,3-4,6,8-12H2,(H,20,24);1H. The Labute approximate surface area is 153 Å². The van der Waals surface area contributed by atoms with Crippen molar-refractivity contribution in [3.05, 3.63) is 34.7 Å². The fourth-order valence-corrected chi connectivity index (χ4v) is 4.06. The van der Waals surface area contributed by atoms with E-state index in [0.29, 0.717) is 0 Å². The molecule has 1 unspecified atom stereocenters. The van der Waals surface area contributed by atoms with Gasteiger partial charge in [-0.15, -0.1) is 12.4 Å². The molecule has 136 valence electrons. The third kappa shape index (κ3) is 3.46. The Bertz CT molecular complexity index is 786. The number of amides is 1. The van der Waals surface area contributed by atoms with E-state index >= 15 is 0 Å². The monoisotopic (exact) mass is 364 g/mol. The lowest BCUT2D eigenvalue weighted by Crippen LogP contribution is -2.51. The molecule has 0 radical (unpaired) electrons. The first-order chi connectivity index (χ1) is 11.7. The van der Waals surface area contributed by atoms with Crippen LogP contribution in [0.5, 0.6) is 0 Å². The van der Waals surface area contributed by atoms with Crippen molar-refractivity contribution >= 4 is 29.3 Å². The number of para-hydroxylation sites is 2. The molecule has 2 saturated heterocycles. The fourth-order valence-electron chi connectivity index (χ4n) is 4.06. The lowest BCUT2D eigenvalue weighted by molar-refractivity contribution is -0.135. The molecule has 0 spiro atoms. The summed E-state index contributed by atoms with van der Waals surface area (Å²) < 4.78 is 1.87. The third-order valence-corrected chi connectivity index (χ3v) is 5.37. The number of aromatic amines is 1. The molecule has 2 aliphatic rings. The Morgan fingerprint density at radius 2 is 1.84 bits per heavy atom. The normalized spacial score (nSPS) is 21.9. The van der Waals surface area contributed by atoms with E-state index in [4.69, 9.17) is 0 Å². The summed E-state index contributed by atoms with van der Waals surface area (Å²) in [6.07, 6.45) is 4.90. The Kier molecular flexibility index (Phi) is 5.49. The van der Waals surface area contributed by atoms with Gasteiger partial charge in [-0.2, -0.15) is 0 Å². The summed E-state index contributed by atoms with van der Waals surface area (Å²) in [6, 6.07) is 7.96. The van der Waals surface area contributed by atoms with Gasteiger partial charge in [0.25, 0.3) is 0 Å². The molecule has 3 heterocycles. The third-order valence-electron chi connectivity index (χ3n) is 5.37. The van der Waals surface area contributed by atoms with E-state index in [1.54, 1.807) is 0 Å². The zero-order valence-corrected chi connectivity index (χ0v) is 15.1. The first-order valence-corrected chi connectivity index (χ1v) is 8.95. The number of likely N-dealkylation sites (tertiary alicyclic amines) is 1. The number of piperidine rings is 2. The van der Waals surface area contributed by atoms with E-state index in [1.165, 1.54) is 0 Å². The summed E-state index contributed by atoms with van der Waals surface area (Å²) in [5.41, 5.74) is 1.79. The largest absolute Gasteiger partial charge is 0.341 e. The second kappa shape index (κ2) is 7.62. The highest BCUT2D eigenvalue weighted by Crippen LogP contribution is 2.25. The smallest absolute Gasteiger partial charge is 0.326 e. The summed E-state index contributed by atoms with van der Waals surface area (Å²) >= 11 is 0. The Morgan fingerprint density at radius 1 is 1.08 bits per heavy atom. The van der Waals surface area contributed by atoms with Crippen molar-refractivity contribution in [1.29, 1.82) is 0 Å². The lowest BCUT2D eigenvalue weighted by atomic mass is 10.00. The predicted octanol–water partition coefficient (Wildman–Crippen LogP) is 2.06. The molecule has 1 amide bonds. The molecular weight excluding hydrogens is 340 g/mol. The van der Waals surface area contributed by atoms with Gasteiger partial charge in [-0.05, 0) is 44.4 Å². The molecule has 0 saturated carbocycles. The molecule has 4 rings (SSSR count). The van der Waals surface area contributed by atoms with Crippen molar-refractivity contribution < 1.29 is 4.79 Å². The highest BCUT2D eigenvalue weighted by atomic mass is 35.5. The van der Waals surface area contributed by atoms with Gasteiger partial charge in [0, 0.05) is 19.1 Å². The van der Waals surface area contributed by atoms with Crippen molar-refractivity contribution in [3.8, 4) is 0 Å². The van der Waals surface area contributed by atoms with Crippen molar-refractivity contribution in [1.82, 2.24) is 19.8 Å². The molecule has 1 aromatic carbocycles. The van der Waals surface area contributed by atoms with E-state index in [9.17, 15) is 9.59 Å². The van der Waals surface area contributed by atoms with Crippen molar-refractivity contribution in [2.75, 3.05) is 19.6 Å². The number of rotatable bonds is 2. The second-order valence-corrected chi connectivity index (χ2v) is 6.88. The number of hydrogen-bond acceptors (Lipinski definition) is 3. The van der Waals surface area contributed by atoms with E-state index in [-0.39, 0.29) is 36.1 Å². The van der Waals surface area contributed by atoms with E-state index in [1.807, 2.05) is 33.7 Å². The SMILES string of the molecule is Cl.O=C(C1CCCCN1)N1CCC(n2c(=O)[nH]c3ccccc32)CC1. The van der Waals surface area contributed by atoms with Gasteiger partial charge >= 0.3 is 5.69 Å². The Hall–Kier alpha value is -1.79. The maximum absolute atomic E-state index is 12.6. The summed E-state index contributed by atoms with van der Waals surface area (Å²) in [6.45, 7) is 2.40. The first-order valence-electron chi connectivity index (χ1n) is 8.95. The number of halogens is 1. The number of carbonyl (C=O) groups is 1. The molecule has 1 atom stereocenters. The summed E-state index contributed by atoms with van der Waals surface area (Å²) in [5, 5.41) is 3.34. The van der Waals surface area contributed by atoms with E-state index < -0.39 is 0 Å². The van der Waals surface area contributed by atoms with Gasteiger partial charge in [-0.1, -0.05) is 18.6 Å². The molecule has 2 N–H and O–H groups in total. The number of hydrogen-bond donors (Lipinski definition) is 2. The summed E-state index contributed by atoms with van der Waals surface area (Å²) in [7, 11) is 0. The zero-order valence-electron chi connectivity index (χ0n) is 14.2. The number of carbonyl (C=O) groups excluding carboxylic acids is 1. The van der Waals surface area contributed by atoms with Gasteiger partial charge in [0.05, 0.1) is 17.1 Å². The van der Waals surface area contributed by atoms with Crippen LogP contribution in [0.4, 0.5) is 0 Å². The van der Waals surface area contributed by atoms with Crippen LogP contribution in [0.25, 0.3) is 11.0 Å². The summed E-state index contributed by atoms with van der Waals surface area (Å²) in [5.74, 6) is 0.236. The highest BCUT2D eigenvalue weighted by molar-refractivity contribution is 5.85. The van der Waals surface area contributed by atoms with Crippen LogP contribution in [0, 0.1) is 0 Å². The molecule has 0 aliphatic carbocycles. The maximum atomic E-state index is 12.6. The molecule has 0 bridgehead atoms. The van der Waals surface area contributed by atoms with Gasteiger partial charge in [0.15, 0.2) is 0 Å². The number of H-pyrrole nitrogens is 1. The minimum atomic E-state index is -0.0464. The molecule has 2 aliphatic heterocycles. The first kappa shape index (κ1) is 18.0. The van der Waals surface area contributed by atoms with Crippen LogP contribution in [0.15, 0.2) is 29.1 Å². The lowest BCUT2D eigenvalue weighted by Gasteiger charge is -2.35. The Morgan fingerprint density at radius 3 is 2.56 bits per heavy atom. The van der Waals surface area contributed by atoms with E-state index in [0.717, 1.165) is 62.8 Å². The van der Waals surface area contributed by atoms with Crippen LogP contribution in [-0.2, 0) is 4.79 Å². The molecule has 7 heteroatoms. The average molecular weight is 365 g/mol. The highest BCUT2D eigenvalue weighted by Gasteiger charge is 2.30. The molecule has 1 aromatic heterocycles. The Balaban J connectivity index is 0.00000182. The van der Waals surface area contributed by atoms with E-state index in [2.05, 4.69) is 10.3 Å². The molecule has 2 aromatic rings. The van der Waals surface area contributed by atoms with Crippen molar-refractivity contribution in [2.45, 2.75) is 44.2 Å². The van der Waals surface area contributed by atoms with Crippen LogP contribution in [-0.4, -0.2) is 46.0 Å². The van der Waals surface area contributed by atoms with Crippen LogP contribution in [0.2, 0.25) is 0 Å². The van der Waals surface area contributed by atoms with Crippen LogP contribution in [0.3, 0.4) is 0 Å². The quantitative estimate of drug-likeness (QED) is 0.856. The van der Waals surface area contributed by atoms with Crippen molar-refractivity contribution in [3.63, 3.8) is 0 Å². The van der Waals surface area contributed by atoms with Crippen LogP contribution in [0.1, 0.15) is 38.1 Å². The molecule has 25 heavy (non-hydrogen) atoms. The number of fused-ring (bicyclic) bond motifs is 1. The minimum Gasteiger partial charge on any atom is -0.341 e. The van der Waals surface area contributed by atoms with Crippen molar-refractivity contribution in [2.24, 2.45) is 0 Å². The molecular formula is C18H25ClN4O2. The van der Waals surface area contributed by atoms with Gasteiger partial charge in [0.1, 0.15) is 0 Å². The average Bonchev–Trinajstić information content (AvgIpc) is 2.98. The van der Waals surface area contributed by atoms with Gasteiger partial charge in [0.2, 0.25) is 5.91 Å².